The van der Waals surface area contributed by atoms with Gasteiger partial charge >= 0.3 is 5.97 Å². The van der Waals surface area contributed by atoms with Gasteiger partial charge in [0.05, 0.1) is 12.2 Å². The fourth-order valence-corrected chi connectivity index (χ4v) is 1.79. The van der Waals surface area contributed by atoms with Gasteiger partial charge in [0.2, 0.25) is 0 Å². The summed E-state index contributed by atoms with van der Waals surface area (Å²) in [6, 6.07) is 0. The quantitative estimate of drug-likeness (QED) is 0.554. The number of carbonyl (C=O) groups excluding carboxylic acids is 1. The molecule has 1 aliphatic carbocycles. The summed E-state index contributed by atoms with van der Waals surface area (Å²) in [5.74, 6) is -1.36. The Kier molecular flexibility index (Phi) is 3.84. The maximum Gasteiger partial charge on any atom is 0.334 e. The van der Waals surface area contributed by atoms with Crippen LogP contribution < -0.4 is 10.9 Å². The first kappa shape index (κ1) is 14.2. The normalized spacial score (nSPS) is 15.7. The molecular weight excluding hydrogens is 266 g/mol. The summed E-state index contributed by atoms with van der Waals surface area (Å²) < 4.78 is 0. The lowest BCUT2D eigenvalue weighted by atomic mass is 10.2. The Morgan fingerprint density at radius 1 is 1.50 bits per heavy atom. The van der Waals surface area contributed by atoms with Crippen LogP contribution in [0.15, 0.2) is 4.79 Å². The summed E-state index contributed by atoms with van der Waals surface area (Å²) in [6.45, 7) is 1.07. The van der Waals surface area contributed by atoms with Gasteiger partial charge in [-0.1, -0.05) is 0 Å². The van der Waals surface area contributed by atoms with Crippen LogP contribution in [0.25, 0.3) is 0 Å². The highest BCUT2D eigenvalue weighted by atomic mass is 16.4. The third kappa shape index (κ3) is 3.02. The second-order valence-corrected chi connectivity index (χ2v) is 4.75. The molecule has 8 nitrogen and oxygen atoms in total. The van der Waals surface area contributed by atoms with Crippen molar-refractivity contribution < 1.29 is 19.8 Å². The SMILES string of the molecule is Cc1nc(C2CC2)[nH]c(=O)c1C(=O)NC[C@H](O)C(=O)O. The van der Waals surface area contributed by atoms with Crippen LogP contribution in [-0.4, -0.2) is 44.7 Å². The Labute approximate surface area is 113 Å². The molecule has 4 N–H and O–H groups in total. The number of amides is 1. The highest BCUT2D eigenvalue weighted by molar-refractivity contribution is 5.95. The predicted molar refractivity (Wildman–Crippen MR) is 67.5 cm³/mol. The van der Waals surface area contributed by atoms with E-state index in [2.05, 4.69) is 15.3 Å². The van der Waals surface area contributed by atoms with Crippen LogP contribution in [0.2, 0.25) is 0 Å². The number of hydrogen-bond donors (Lipinski definition) is 4. The third-order valence-corrected chi connectivity index (χ3v) is 3.05. The topological polar surface area (TPSA) is 132 Å². The average molecular weight is 281 g/mol. The molecule has 0 saturated heterocycles. The van der Waals surface area contributed by atoms with Gasteiger partial charge < -0.3 is 20.5 Å². The van der Waals surface area contributed by atoms with Crippen molar-refractivity contribution in [3.63, 3.8) is 0 Å². The molecule has 1 heterocycles. The minimum absolute atomic E-state index is 0.160. The number of rotatable bonds is 5. The zero-order valence-corrected chi connectivity index (χ0v) is 10.8. The van der Waals surface area contributed by atoms with E-state index in [0.717, 1.165) is 12.8 Å². The van der Waals surface area contributed by atoms with Gasteiger partial charge in [-0.15, -0.1) is 0 Å². The van der Waals surface area contributed by atoms with Gasteiger partial charge in [-0.2, -0.15) is 0 Å². The van der Waals surface area contributed by atoms with E-state index < -0.39 is 30.1 Å². The second-order valence-electron chi connectivity index (χ2n) is 4.75. The van der Waals surface area contributed by atoms with Crippen LogP contribution in [-0.2, 0) is 4.79 Å². The second kappa shape index (κ2) is 5.41. The number of carboxylic acid groups (broad SMARTS) is 1. The number of aromatic nitrogens is 2. The number of carboxylic acids is 1. The molecule has 1 fully saturated rings. The Bertz CT molecular complexity index is 606. The van der Waals surface area contributed by atoms with E-state index in [0.29, 0.717) is 5.82 Å². The van der Waals surface area contributed by atoms with Gasteiger partial charge in [-0.05, 0) is 19.8 Å². The summed E-state index contributed by atoms with van der Waals surface area (Å²) in [5, 5.41) is 19.8. The first-order valence-electron chi connectivity index (χ1n) is 6.20. The van der Waals surface area contributed by atoms with Crippen molar-refractivity contribution >= 4 is 11.9 Å². The molecule has 0 aliphatic heterocycles. The molecule has 20 heavy (non-hydrogen) atoms. The number of aromatic amines is 1. The number of H-pyrrole nitrogens is 1. The first-order valence-corrected chi connectivity index (χ1v) is 6.20. The number of carbonyl (C=O) groups is 2. The monoisotopic (exact) mass is 281 g/mol. The van der Waals surface area contributed by atoms with E-state index in [-0.39, 0.29) is 17.2 Å². The number of aliphatic hydroxyl groups is 1. The summed E-state index contributed by atoms with van der Waals surface area (Å²) >= 11 is 0. The van der Waals surface area contributed by atoms with E-state index in [1.54, 1.807) is 6.92 Å². The van der Waals surface area contributed by atoms with Crippen molar-refractivity contribution in [3.8, 4) is 0 Å². The number of aliphatic hydroxyl groups excluding tert-OH is 1. The number of nitrogens with zero attached hydrogens (tertiary/aromatic N) is 1. The maximum absolute atomic E-state index is 11.9. The number of hydrogen-bond acceptors (Lipinski definition) is 5. The Morgan fingerprint density at radius 3 is 2.65 bits per heavy atom. The van der Waals surface area contributed by atoms with Crippen molar-refractivity contribution in [3.05, 3.63) is 27.4 Å². The molecule has 1 aliphatic rings. The van der Waals surface area contributed by atoms with E-state index in [1.165, 1.54) is 0 Å². The van der Waals surface area contributed by atoms with Crippen LogP contribution in [0.4, 0.5) is 0 Å². The molecule has 1 saturated carbocycles. The number of aryl methyl sites for hydroxylation is 1. The number of nitrogens with one attached hydrogen (secondary N) is 2. The van der Waals surface area contributed by atoms with Crippen LogP contribution >= 0.6 is 0 Å². The fourth-order valence-electron chi connectivity index (χ4n) is 1.79. The largest absolute Gasteiger partial charge is 0.479 e. The van der Waals surface area contributed by atoms with Gasteiger partial charge in [0, 0.05) is 5.92 Å². The molecule has 2 rings (SSSR count). The zero-order chi connectivity index (χ0) is 14.9. The van der Waals surface area contributed by atoms with Gasteiger partial charge in [0.25, 0.3) is 11.5 Å². The van der Waals surface area contributed by atoms with Crippen molar-refractivity contribution in [2.45, 2.75) is 31.8 Å². The molecular formula is C12H15N3O5. The Morgan fingerprint density at radius 2 is 2.15 bits per heavy atom. The van der Waals surface area contributed by atoms with Gasteiger partial charge in [-0.3, -0.25) is 9.59 Å². The fraction of sp³-hybridized carbons (Fsp3) is 0.500. The molecule has 0 aromatic carbocycles. The lowest BCUT2D eigenvalue weighted by Crippen LogP contribution is -2.39. The van der Waals surface area contributed by atoms with E-state index in [1.807, 2.05) is 0 Å². The predicted octanol–water partition coefficient (Wildman–Crippen LogP) is -0.869. The third-order valence-electron chi connectivity index (χ3n) is 3.05. The zero-order valence-electron chi connectivity index (χ0n) is 10.8. The van der Waals surface area contributed by atoms with Gasteiger partial charge in [0.15, 0.2) is 6.10 Å². The summed E-state index contributed by atoms with van der Waals surface area (Å²) in [6.07, 6.45) is 0.231. The highest BCUT2D eigenvalue weighted by Crippen LogP contribution is 2.37. The summed E-state index contributed by atoms with van der Waals surface area (Å²) in [4.78, 5) is 40.9. The average Bonchev–Trinajstić information content (AvgIpc) is 3.18. The van der Waals surface area contributed by atoms with Crippen LogP contribution in [0.5, 0.6) is 0 Å². The molecule has 0 spiro atoms. The van der Waals surface area contributed by atoms with Crippen LogP contribution in [0.3, 0.4) is 0 Å². The molecule has 1 aromatic heterocycles. The smallest absolute Gasteiger partial charge is 0.334 e. The van der Waals surface area contributed by atoms with Crippen LogP contribution in [0, 0.1) is 6.92 Å². The number of aliphatic carboxylic acids is 1. The van der Waals surface area contributed by atoms with Gasteiger partial charge in [0.1, 0.15) is 11.4 Å². The van der Waals surface area contributed by atoms with E-state index in [9.17, 15) is 14.4 Å². The van der Waals surface area contributed by atoms with Crippen molar-refractivity contribution in [2.75, 3.05) is 6.54 Å². The minimum Gasteiger partial charge on any atom is -0.479 e. The lowest BCUT2D eigenvalue weighted by Gasteiger charge is -2.09. The first-order chi connectivity index (χ1) is 9.40. The van der Waals surface area contributed by atoms with E-state index >= 15 is 0 Å². The summed E-state index contributed by atoms with van der Waals surface area (Å²) in [5.41, 5.74) is -0.424. The van der Waals surface area contributed by atoms with Crippen molar-refractivity contribution in [2.24, 2.45) is 0 Å². The molecule has 1 atom stereocenters. The van der Waals surface area contributed by atoms with E-state index in [4.69, 9.17) is 10.2 Å². The minimum atomic E-state index is -1.71. The molecule has 1 aromatic rings. The van der Waals surface area contributed by atoms with Crippen molar-refractivity contribution in [1.29, 1.82) is 0 Å². The molecule has 1 amide bonds. The standard InChI is InChI=1S/C12H15N3O5/c1-5-8(10(17)13-4-7(16)12(19)20)11(18)15-9(14-5)6-2-3-6/h6-7,16H,2-4H2,1H3,(H,13,17)(H,19,20)(H,14,15,18)/t7-/m0/s1. The summed E-state index contributed by atoms with van der Waals surface area (Å²) in [7, 11) is 0. The molecule has 108 valence electrons. The molecule has 0 bridgehead atoms. The van der Waals surface area contributed by atoms with Crippen LogP contribution in [0.1, 0.15) is 40.6 Å². The molecule has 0 radical (unpaired) electrons. The molecule has 8 heteroatoms. The van der Waals surface area contributed by atoms with Gasteiger partial charge in [-0.25, -0.2) is 9.78 Å². The Balaban J connectivity index is 2.13. The maximum atomic E-state index is 11.9. The molecule has 0 unspecified atom stereocenters. The lowest BCUT2D eigenvalue weighted by molar-refractivity contribution is -0.146. The Hall–Kier alpha value is -2.22. The highest BCUT2D eigenvalue weighted by Gasteiger charge is 2.28. The van der Waals surface area contributed by atoms with Crippen molar-refractivity contribution in [1.82, 2.24) is 15.3 Å².